The van der Waals surface area contributed by atoms with Crippen molar-refractivity contribution >= 4 is 39.4 Å². The Morgan fingerprint density at radius 3 is 2.74 bits per heavy atom. The third-order valence-corrected chi connectivity index (χ3v) is 7.06. The maximum Gasteiger partial charge on any atom is 0.311 e. The lowest BCUT2D eigenvalue weighted by atomic mass is 9.97. The van der Waals surface area contributed by atoms with Crippen LogP contribution < -0.4 is 11.0 Å². The minimum atomic E-state index is -0.710. The number of hydrazone groups is 1. The van der Waals surface area contributed by atoms with E-state index in [9.17, 15) is 24.8 Å². The lowest BCUT2D eigenvalue weighted by molar-refractivity contribution is -0.385. The van der Waals surface area contributed by atoms with E-state index >= 15 is 0 Å². The highest BCUT2D eigenvalue weighted by Crippen LogP contribution is 2.33. The van der Waals surface area contributed by atoms with Crippen LogP contribution in [0.4, 0.5) is 5.69 Å². The molecule has 0 atom stereocenters. The van der Waals surface area contributed by atoms with Crippen molar-refractivity contribution in [3.63, 3.8) is 0 Å². The molecule has 2 N–H and O–H groups in total. The second-order valence-corrected chi connectivity index (χ2v) is 9.15. The molecule has 0 aliphatic heterocycles. The number of amides is 1. The van der Waals surface area contributed by atoms with Gasteiger partial charge in [0.05, 0.1) is 22.2 Å². The molecule has 1 aliphatic rings. The third kappa shape index (κ3) is 4.28. The first kappa shape index (κ1) is 22.4. The summed E-state index contributed by atoms with van der Waals surface area (Å²) in [7, 11) is 0. The first-order valence-electron chi connectivity index (χ1n) is 10.9. The van der Waals surface area contributed by atoms with Gasteiger partial charge in [0.2, 0.25) is 0 Å². The van der Waals surface area contributed by atoms with Crippen molar-refractivity contribution in [2.75, 3.05) is 0 Å². The molecule has 2 heterocycles. The lowest BCUT2D eigenvalue weighted by Crippen LogP contribution is -2.20. The zero-order valence-corrected chi connectivity index (χ0v) is 19.1. The third-order valence-electron chi connectivity index (χ3n) is 5.86. The number of aryl methyl sites for hydroxylation is 2. The number of carbonyl (C=O) groups excluding carboxylic acids is 1. The van der Waals surface area contributed by atoms with E-state index in [1.165, 1.54) is 34.1 Å². The average Bonchev–Trinajstić information content (AvgIpc) is 3.24. The summed E-state index contributed by atoms with van der Waals surface area (Å²) in [5, 5.41) is 24.9. The summed E-state index contributed by atoms with van der Waals surface area (Å²) in [4.78, 5) is 42.4. The lowest BCUT2D eigenvalue weighted by Gasteiger charge is -2.10. The van der Waals surface area contributed by atoms with E-state index in [1.807, 2.05) is 0 Å². The van der Waals surface area contributed by atoms with Crippen molar-refractivity contribution in [3.05, 3.63) is 90.8 Å². The Labute approximate surface area is 202 Å². The molecule has 5 rings (SSSR count). The molecule has 11 heteroatoms. The van der Waals surface area contributed by atoms with Crippen molar-refractivity contribution in [3.8, 4) is 11.4 Å². The number of nitro benzene ring substituents is 1. The van der Waals surface area contributed by atoms with Crippen LogP contribution in [0, 0.1) is 10.1 Å². The number of nitrogens with zero attached hydrogens (tertiary/aromatic N) is 4. The van der Waals surface area contributed by atoms with Gasteiger partial charge in [0.15, 0.2) is 5.75 Å². The highest BCUT2D eigenvalue weighted by Gasteiger charge is 2.20. The second kappa shape index (κ2) is 9.11. The number of phenolic OH excluding ortho intramolecular Hbond substituents is 1. The molecular formula is C24H19N5O5S. The Bertz CT molecular complexity index is 1560. The number of benzene rings is 2. The zero-order chi connectivity index (χ0) is 24.5. The number of hydrogen-bond acceptors (Lipinski definition) is 8. The number of nitro groups is 1. The smallest absolute Gasteiger partial charge is 0.311 e. The molecule has 0 saturated heterocycles. The maximum atomic E-state index is 13.2. The first-order chi connectivity index (χ1) is 16.9. The van der Waals surface area contributed by atoms with Crippen LogP contribution in [-0.4, -0.2) is 31.7 Å². The highest BCUT2D eigenvalue weighted by atomic mass is 32.1. The fourth-order valence-electron chi connectivity index (χ4n) is 4.10. The average molecular weight is 490 g/mol. The SMILES string of the molecule is O=C(N/N=C\c1ccc(O)c([N+](=O)[O-])c1)c1ccc(-n2cnc3sc4c(c3c2=O)CCCC4)cc1. The molecule has 10 nitrogen and oxygen atoms in total. The number of phenols is 1. The maximum absolute atomic E-state index is 13.2. The number of hydrogen-bond donors (Lipinski definition) is 2. The van der Waals surface area contributed by atoms with Gasteiger partial charge >= 0.3 is 5.69 Å². The summed E-state index contributed by atoms with van der Waals surface area (Å²) in [6.45, 7) is 0. The van der Waals surface area contributed by atoms with E-state index in [0.29, 0.717) is 22.2 Å². The predicted octanol–water partition coefficient (Wildman–Crippen LogP) is 3.70. The van der Waals surface area contributed by atoms with Gasteiger partial charge in [0.1, 0.15) is 11.2 Å². The molecule has 2 aromatic heterocycles. The quantitative estimate of drug-likeness (QED) is 0.249. The normalized spacial score (nSPS) is 13.1. The monoisotopic (exact) mass is 489 g/mol. The number of rotatable bonds is 5. The standard InChI is InChI=1S/C24H19N5O5S/c30-19-10-5-14(11-18(19)29(33)34)12-26-27-22(31)15-6-8-16(9-7-15)28-13-25-23-21(24(28)32)17-3-1-2-4-20(17)35-23/h5-13,30H,1-4H2,(H,27,31)/b26-12-. The van der Waals surface area contributed by atoms with Gasteiger partial charge in [-0.3, -0.25) is 24.3 Å². The van der Waals surface area contributed by atoms with E-state index in [0.717, 1.165) is 42.1 Å². The molecule has 176 valence electrons. The number of aromatic nitrogens is 2. The first-order valence-corrected chi connectivity index (χ1v) is 11.7. The predicted molar refractivity (Wildman–Crippen MR) is 132 cm³/mol. The van der Waals surface area contributed by atoms with Crippen molar-refractivity contribution in [1.29, 1.82) is 0 Å². The van der Waals surface area contributed by atoms with Gasteiger partial charge in [0.25, 0.3) is 11.5 Å². The number of nitrogens with one attached hydrogen (secondary N) is 1. The molecular weight excluding hydrogens is 470 g/mol. The van der Waals surface area contributed by atoms with Crippen molar-refractivity contribution in [1.82, 2.24) is 15.0 Å². The van der Waals surface area contributed by atoms with E-state index in [2.05, 4.69) is 15.5 Å². The van der Waals surface area contributed by atoms with Crippen LogP contribution in [0.25, 0.3) is 15.9 Å². The molecule has 0 radical (unpaired) electrons. The van der Waals surface area contributed by atoms with Gasteiger partial charge in [-0.15, -0.1) is 11.3 Å². The molecule has 4 aromatic rings. The van der Waals surface area contributed by atoms with Crippen molar-refractivity contribution in [2.45, 2.75) is 25.7 Å². The van der Waals surface area contributed by atoms with E-state index in [1.54, 1.807) is 35.6 Å². The van der Waals surface area contributed by atoms with Crippen molar-refractivity contribution in [2.24, 2.45) is 5.10 Å². The van der Waals surface area contributed by atoms with Crippen LogP contribution in [0.3, 0.4) is 0 Å². The fraction of sp³-hybridized carbons (Fsp3) is 0.167. The van der Waals surface area contributed by atoms with Crippen LogP contribution in [-0.2, 0) is 12.8 Å². The molecule has 1 aliphatic carbocycles. The minimum Gasteiger partial charge on any atom is -0.502 e. The Morgan fingerprint density at radius 2 is 1.97 bits per heavy atom. The van der Waals surface area contributed by atoms with E-state index < -0.39 is 22.3 Å². The van der Waals surface area contributed by atoms with Crippen LogP contribution in [0.2, 0.25) is 0 Å². The minimum absolute atomic E-state index is 0.112. The summed E-state index contributed by atoms with van der Waals surface area (Å²) < 4.78 is 1.49. The molecule has 0 bridgehead atoms. The summed E-state index contributed by atoms with van der Waals surface area (Å²) in [6.07, 6.45) is 6.85. The molecule has 35 heavy (non-hydrogen) atoms. The number of fused-ring (bicyclic) bond motifs is 3. The largest absolute Gasteiger partial charge is 0.502 e. The molecule has 2 aromatic carbocycles. The van der Waals surface area contributed by atoms with Crippen LogP contribution in [0.5, 0.6) is 5.75 Å². The summed E-state index contributed by atoms with van der Waals surface area (Å²) in [5.41, 5.74) is 4.15. The fourth-order valence-corrected chi connectivity index (χ4v) is 5.32. The van der Waals surface area contributed by atoms with Gasteiger partial charge in [-0.1, -0.05) is 0 Å². The van der Waals surface area contributed by atoms with E-state index in [-0.39, 0.29) is 5.56 Å². The Morgan fingerprint density at radius 1 is 1.20 bits per heavy atom. The molecule has 0 spiro atoms. The van der Waals surface area contributed by atoms with Crippen molar-refractivity contribution < 1.29 is 14.8 Å². The van der Waals surface area contributed by atoms with Gasteiger partial charge in [-0.2, -0.15) is 5.10 Å². The number of carbonyl (C=O) groups is 1. The highest BCUT2D eigenvalue weighted by molar-refractivity contribution is 7.18. The zero-order valence-electron chi connectivity index (χ0n) is 18.3. The summed E-state index contributed by atoms with van der Waals surface area (Å²) >= 11 is 1.60. The van der Waals surface area contributed by atoms with E-state index in [4.69, 9.17) is 0 Å². The van der Waals surface area contributed by atoms with Crippen LogP contribution >= 0.6 is 11.3 Å². The Kier molecular flexibility index (Phi) is 5.83. The van der Waals surface area contributed by atoms with Gasteiger partial charge in [-0.05, 0) is 67.6 Å². The number of aromatic hydroxyl groups is 1. The number of thiophene rings is 1. The molecule has 1 amide bonds. The second-order valence-electron chi connectivity index (χ2n) is 8.06. The Balaban J connectivity index is 1.33. The van der Waals surface area contributed by atoms with Gasteiger partial charge in [-0.25, -0.2) is 10.4 Å². The van der Waals surface area contributed by atoms with Crippen LogP contribution in [0.15, 0.2) is 58.7 Å². The summed E-state index contributed by atoms with van der Waals surface area (Å²) in [6, 6.07) is 10.2. The van der Waals surface area contributed by atoms with Crippen LogP contribution in [0.1, 0.15) is 39.2 Å². The molecule has 0 unspecified atom stereocenters. The molecule has 0 saturated carbocycles. The Hall–Kier alpha value is -4.38. The topological polar surface area (TPSA) is 140 Å². The summed E-state index contributed by atoms with van der Waals surface area (Å²) in [5.74, 6) is -0.947. The van der Waals surface area contributed by atoms with Gasteiger partial charge < -0.3 is 5.11 Å². The molecule has 0 fully saturated rings. The van der Waals surface area contributed by atoms with Gasteiger partial charge in [0, 0.05) is 22.1 Å².